The highest BCUT2D eigenvalue weighted by Crippen LogP contribution is 2.40. The molecular weight excluding hydrogens is 334 g/mol. The average molecular weight is 351 g/mol. The lowest BCUT2D eigenvalue weighted by Gasteiger charge is -2.29. The summed E-state index contributed by atoms with van der Waals surface area (Å²) in [6.45, 7) is 0.829. The van der Waals surface area contributed by atoms with Crippen LogP contribution in [-0.2, 0) is 9.59 Å². The number of likely N-dealkylation sites (tertiary alicyclic amines) is 1. The van der Waals surface area contributed by atoms with Gasteiger partial charge in [0, 0.05) is 12.6 Å². The van der Waals surface area contributed by atoms with Crippen LogP contribution in [-0.4, -0.2) is 53.2 Å². The van der Waals surface area contributed by atoms with Gasteiger partial charge in [0.25, 0.3) is 5.69 Å². The van der Waals surface area contributed by atoms with Gasteiger partial charge >= 0.3 is 5.97 Å². The van der Waals surface area contributed by atoms with E-state index in [4.69, 9.17) is 14.6 Å². The van der Waals surface area contributed by atoms with E-state index in [1.54, 1.807) is 4.90 Å². The molecule has 3 rings (SSSR count). The van der Waals surface area contributed by atoms with Crippen LogP contribution in [0.3, 0.4) is 0 Å². The summed E-state index contributed by atoms with van der Waals surface area (Å²) in [4.78, 5) is 35.6. The number of fused-ring (bicyclic) bond motifs is 1. The van der Waals surface area contributed by atoms with Crippen LogP contribution in [0.5, 0.6) is 11.5 Å². The molecule has 1 atom stereocenters. The standard InChI is InChI=1S/C15H17N3O7/c19-14(7-17-3-1-2-9(6-17)15(20)21)16-10-4-12-13(25-8-24-12)5-11(10)18(22)23/h4-5,9H,1-3,6-8H2,(H,16,19)(H,20,21). The highest BCUT2D eigenvalue weighted by atomic mass is 16.7. The number of carbonyl (C=O) groups is 2. The van der Waals surface area contributed by atoms with Crippen molar-refractivity contribution in [3.63, 3.8) is 0 Å². The van der Waals surface area contributed by atoms with Crippen LogP contribution < -0.4 is 14.8 Å². The summed E-state index contributed by atoms with van der Waals surface area (Å²) in [5.41, 5.74) is -0.272. The molecule has 2 N–H and O–H groups in total. The lowest BCUT2D eigenvalue weighted by Crippen LogP contribution is -2.42. The number of anilines is 1. The maximum absolute atomic E-state index is 12.2. The Morgan fingerprint density at radius 2 is 2.08 bits per heavy atom. The number of nitrogens with zero attached hydrogens (tertiary/aromatic N) is 2. The van der Waals surface area contributed by atoms with Gasteiger partial charge in [-0.25, -0.2) is 0 Å². The second-order valence-electron chi connectivity index (χ2n) is 5.94. The van der Waals surface area contributed by atoms with Crippen LogP contribution in [0.1, 0.15) is 12.8 Å². The van der Waals surface area contributed by atoms with Crippen molar-refractivity contribution in [2.45, 2.75) is 12.8 Å². The summed E-state index contributed by atoms with van der Waals surface area (Å²) in [7, 11) is 0. The van der Waals surface area contributed by atoms with E-state index in [9.17, 15) is 19.7 Å². The quantitative estimate of drug-likeness (QED) is 0.594. The summed E-state index contributed by atoms with van der Waals surface area (Å²) in [6.07, 6.45) is 1.27. The molecule has 0 spiro atoms. The highest BCUT2D eigenvalue weighted by Gasteiger charge is 2.28. The first kappa shape index (κ1) is 17.0. The molecule has 1 fully saturated rings. The zero-order chi connectivity index (χ0) is 18.0. The molecule has 2 aliphatic heterocycles. The molecule has 1 aromatic carbocycles. The fourth-order valence-electron chi connectivity index (χ4n) is 2.98. The topological polar surface area (TPSA) is 131 Å². The molecule has 0 aliphatic carbocycles. The van der Waals surface area contributed by atoms with Gasteiger partial charge in [-0.1, -0.05) is 0 Å². The van der Waals surface area contributed by atoms with Crippen LogP contribution in [0.15, 0.2) is 12.1 Å². The first-order valence-electron chi connectivity index (χ1n) is 7.77. The molecule has 0 aromatic heterocycles. The smallest absolute Gasteiger partial charge is 0.307 e. The largest absolute Gasteiger partial charge is 0.481 e. The first-order chi connectivity index (χ1) is 11.9. The number of aliphatic carboxylic acids is 1. The van der Waals surface area contributed by atoms with Gasteiger partial charge in [0.05, 0.1) is 23.5 Å². The molecule has 2 heterocycles. The Balaban J connectivity index is 1.68. The molecule has 1 amide bonds. The van der Waals surface area contributed by atoms with Crippen LogP contribution in [0.4, 0.5) is 11.4 Å². The molecule has 2 aliphatic rings. The number of amides is 1. The second-order valence-corrected chi connectivity index (χ2v) is 5.94. The van der Waals surface area contributed by atoms with Gasteiger partial charge in [-0.15, -0.1) is 0 Å². The molecule has 1 aromatic rings. The van der Waals surface area contributed by atoms with Crippen LogP contribution >= 0.6 is 0 Å². The zero-order valence-electron chi connectivity index (χ0n) is 13.3. The zero-order valence-corrected chi connectivity index (χ0v) is 13.3. The number of hydrogen-bond donors (Lipinski definition) is 2. The molecule has 10 heteroatoms. The van der Waals surface area contributed by atoms with E-state index >= 15 is 0 Å². The van der Waals surface area contributed by atoms with E-state index in [-0.39, 0.29) is 37.0 Å². The predicted molar refractivity (Wildman–Crippen MR) is 84.6 cm³/mol. The fraction of sp³-hybridized carbons (Fsp3) is 0.467. The van der Waals surface area contributed by atoms with Crippen molar-refractivity contribution in [2.75, 3.05) is 31.7 Å². The van der Waals surface area contributed by atoms with E-state index in [1.165, 1.54) is 12.1 Å². The summed E-state index contributed by atoms with van der Waals surface area (Å²) >= 11 is 0. The van der Waals surface area contributed by atoms with Gasteiger partial charge in [0.1, 0.15) is 5.69 Å². The number of nitro benzene ring substituents is 1. The van der Waals surface area contributed by atoms with Gasteiger partial charge in [0.2, 0.25) is 12.7 Å². The molecule has 134 valence electrons. The number of rotatable bonds is 5. The Morgan fingerprint density at radius 3 is 2.76 bits per heavy atom. The number of piperidine rings is 1. The lowest BCUT2D eigenvalue weighted by atomic mass is 9.98. The molecule has 0 saturated carbocycles. The van der Waals surface area contributed by atoms with Crippen molar-refractivity contribution in [3.8, 4) is 11.5 Å². The molecule has 1 saturated heterocycles. The van der Waals surface area contributed by atoms with Crippen LogP contribution in [0, 0.1) is 16.0 Å². The van der Waals surface area contributed by atoms with E-state index < -0.39 is 22.7 Å². The number of benzene rings is 1. The van der Waals surface area contributed by atoms with Crippen molar-refractivity contribution in [2.24, 2.45) is 5.92 Å². The van der Waals surface area contributed by atoms with Gasteiger partial charge in [0.15, 0.2) is 11.5 Å². The SMILES string of the molecule is O=C(CN1CCCC(C(=O)O)C1)Nc1cc2c(cc1[N+](=O)[O-])OCO2. The Hall–Kier alpha value is -2.88. The van der Waals surface area contributed by atoms with Gasteiger partial charge in [-0.05, 0) is 19.4 Å². The summed E-state index contributed by atoms with van der Waals surface area (Å²) in [6, 6.07) is 2.56. The van der Waals surface area contributed by atoms with Gasteiger partial charge in [-0.2, -0.15) is 0 Å². The third-order valence-corrected chi connectivity index (χ3v) is 4.18. The maximum Gasteiger partial charge on any atom is 0.307 e. The minimum Gasteiger partial charge on any atom is -0.481 e. The Bertz CT molecular complexity index is 721. The van der Waals surface area contributed by atoms with Gasteiger partial charge < -0.3 is 19.9 Å². The number of carbonyl (C=O) groups excluding carboxylic acids is 1. The summed E-state index contributed by atoms with van der Waals surface area (Å²) < 4.78 is 10.3. The predicted octanol–water partition coefficient (Wildman–Crippen LogP) is 1.06. The van der Waals surface area contributed by atoms with Gasteiger partial charge in [-0.3, -0.25) is 24.6 Å². The molecular formula is C15H17N3O7. The second kappa shape index (κ2) is 6.93. The minimum absolute atomic E-state index is 0.0195. The number of nitrogens with one attached hydrogen (secondary N) is 1. The maximum atomic E-state index is 12.2. The van der Waals surface area contributed by atoms with Crippen LogP contribution in [0.25, 0.3) is 0 Å². The fourth-order valence-corrected chi connectivity index (χ4v) is 2.98. The highest BCUT2D eigenvalue weighted by molar-refractivity contribution is 5.95. The Labute approximate surface area is 142 Å². The molecule has 10 nitrogen and oxygen atoms in total. The Kier molecular flexibility index (Phi) is 4.70. The molecule has 25 heavy (non-hydrogen) atoms. The Morgan fingerprint density at radius 1 is 1.36 bits per heavy atom. The molecule has 0 radical (unpaired) electrons. The number of hydrogen-bond acceptors (Lipinski definition) is 7. The number of nitro groups is 1. The normalized spacial score (nSPS) is 19.4. The summed E-state index contributed by atoms with van der Waals surface area (Å²) in [5, 5.41) is 22.8. The van der Waals surface area contributed by atoms with Crippen molar-refractivity contribution in [3.05, 3.63) is 22.2 Å². The summed E-state index contributed by atoms with van der Waals surface area (Å²) in [5.74, 6) is -1.25. The third kappa shape index (κ3) is 3.79. The lowest BCUT2D eigenvalue weighted by molar-refractivity contribution is -0.384. The third-order valence-electron chi connectivity index (χ3n) is 4.18. The van der Waals surface area contributed by atoms with E-state index in [2.05, 4.69) is 5.32 Å². The van der Waals surface area contributed by atoms with Crippen LogP contribution in [0.2, 0.25) is 0 Å². The van der Waals surface area contributed by atoms with Crippen molar-refractivity contribution in [1.29, 1.82) is 0 Å². The molecule has 1 unspecified atom stereocenters. The average Bonchev–Trinajstić information content (AvgIpc) is 3.01. The van der Waals surface area contributed by atoms with Crippen molar-refractivity contribution >= 4 is 23.3 Å². The van der Waals surface area contributed by atoms with Crippen molar-refractivity contribution < 1.29 is 29.1 Å². The number of carboxylic acid groups (broad SMARTS) is 1. The van der Waals surface area contributed by atoms with E-state index in [0.717, 1.165) is 0 Å². The van der Waals surface area contributed by atoms with E-state index in [0.29, 0.717) is 25.1 Å². The molecule has 0 bridgehead atoms. The van der Waals surface area contributed by atoms with E-state index in [1.807, 2.05) is 0 Å². The number of ether oxygens (including phenoxy) is 2. The minimum atomic E-state index is -0.878. The van der Waals surface area contributed by atoms with Crippen molar-refractivity contribution in [1.82, 2.24) is 4.90 Å². The number of carboxylic acids is 1. The first-order valence-corrected chi connectivity index (χ1v) is 7.77. The monoisotopic (exact) mass is 351 g/mol.